The van der Waals surface area contributed by atoms with E-state index in [2.05, 4.69) is 10.3 Å². The maximum Gasteiger partial charge on any atom is 0.246 e. The van der Waals surface area contributed by atoms with E-state index in [1.807, 2.05) is 67.6 Å². The largest absolute Gasteiger partial charge is 0.374 e. The minimum atomic E-state index is 0.0339. The second-order valence-corrected chi connectivity index (χ2v) is 5.21. The molecule has 4 nitrogen and oxygen atoms in total. The normalized spacial score (nSPS) is 10.5. The third-order valence-electron chi connectivity index (χ3n) is 3.75. The van der Waals surface area contributed by atoms with Crippen LogP contribution in [0.3, 0.4) is 0 Å². The van der Waals surface area contributed by atoms with E-state index in [4.69, 9.17) is 0 Å². The van der Waals surface area contributed by atoms with E-state index >= 15 is 0 Å². The van der Waals surface area contributed by atoms with Crippen LogP contribution in [0.1, 0.15) is 6.92 Å². The molecule has 4 heteroatoms. The molecule has 1 aromatic heterocycles. The Hall–Kier alpha value is -2.88. The Balaban J connectivity index is 1.75. The van der Waals surface area contributed by atoms with Gasteiger partial charge in [0, 0.05) is 23.8 Å². The van der Waals surface area contributed by atoms with Crippen molar-refractivity contribution < 1.29 is 4.79 Å². The van der Waals surface area contributed by atoms with Crippen molar-refractivity contribution in [2.24, 2.45) is 0 Å². The first-order valence-electron chi connectivity index (χ1n) is 7.72. The molecule has 0 fully saturated rings. The average molecular weight is 305 g/mol. The Kier molecular flexibility index (Phi) is 4.52. The molecule has 1 heterocycles. The highest BCUT2D eigenvalue weighted by Crippen LogP contribution is 2.20. The molecule has 0 radical (unpaired) electrons. The van der Waals surface area contributed by atoms with Crippen LogP contribution in [-0.4, -0.2) is 24.0 Å². The van der Waals surface area contributed by atoms with Gasteiger partial charge in [0.2, 0.25) is 5.91 Å². The van der Waals surface area contributed by atoms with Gasteiger partial charge >= 0.3 is 0 Å². The molecule has 0 aliphatic rings. The second-order valence-electron chi connectivity index (χ2n) is 5.21. The Morgan fingerprint density at radius 1 is 1.04 bits per heavy atom. The second kappa shape index (κ2) is 6.92. The summed E-state index contributed by atoms with van der Waals surface area (Å²) in [4.78, 5) is 18.7. The van der Waals surface area contributed by atoms with Crippen LogP contribution in [0.4, 0.5) is 11.4 Å². The minimum Gasteiger partial charge on any atom is -0.374 e. The lowest BCUT2D eigenvalue weighted by molar-refractivity contribution is -0.116. The first kappa shape index (κ1) is 15.0. The Bertz CT molecular complexity index is 797. The van der Waals surface area contributed by atoms with Gasteiger partial charge in [-0.1, -0.05) is 36.4 Å². The maximum absolute atomic E-state index is 12.5. The number of anilines is 2. The predicted octanol–water partition coefficient (Wildman–Crippen LogP) is 3.70. The van der Waals surface area contributed by atoms with Crippen LogP contribution >= 0.6 is 0 Å². The van der Waals surface area contributed by atoms with Crippen LogP contribution in [0.2, 0.25) is 0 Å². The lowest BCUT2D eigenvalue weighted by atomic mass is 10.2. The summed E-state index contributed by atoms with van der Waals surface area (Å²) in [6.45, 7) is 2.85. The molecular weight excluding hydrogens is 286 g/mol. The van der Waals surface area contributed by atoms with Crippen LogP contribution in [0.15, 0.2) is 66.9 Å². The molecule has 0 aliphatic carbocycles. The summed E-state index contributed by atoms with van der Waals surface area (Å²) >= 11 is 0. The summed E-state index contributed by atoms with van der Waals surface area (Å²) in [6, 6.07) is 19.6. The number of amides is 1. The van der Waals surface area contributed by atoms with Gasteiger partial charge in [-0.25, -0.2) is 0 Å². The van der Waals surface area contributed by atoms with Crippen LogP contribution in [0.25, 0.3) is 10.9 Å². The standard InChI is InChI=1S/C19H19N3O/c1-2-22(16-10-4-3-5-11-16)18(23)14-21-17-12-6-8-15-9-7-13-20-19(15)17/h3-13,21H,2,14H2,1H3. The molecule has 1 N–H and O–H groups in total. The summed E-state index contributed by atoms with van der Waals surface area (Å²) in [5.74, 6) is 0.0339. The van der Waals surface area contributed by atoms with Gasteiger partial charge < -0.3 is 10.2 Å². The van der Waals surface area contributed by atoms with Crippen molar-refractivity contribution in [1.82, 2.24) is 4.98 Å². The van der Waals surface area contributed by atoms with Gasteiger partial charge in [0.15, 0.2) is 0 Å². The zero-order chi connectivity index (χ0) is 16.1. The number of likely N-dealkylation sites (N-methyl/N-ethyl adjacent to an activating group) is 1. The average Bonchev–Trinajstić information content (AvgIpc) is 2.61. The third-order valence-corrected chi connectivity index (χ3v) is 3.75. The SMILES string of the molecule is CCN(C(=O)CNc1cccc2cccnc12)c1ccccc1. The molecule has 3 rings (SSSR count). The van der Waals surface area contributed by atoms with E-state index in [0.717, 1.165) is 22.3 Å². The van der Waals surface area contributed by atoms with Crippen LogP contribution in [0, 0.1) is 0 Å². The quantitative estimate of drug-likeness (QED) is 0.782. The van der Waals surface area contributed by atoms with Crippen molar-refractivity contribution in [3.8, 4) is 0 Å². The van der Waals surface area contributed by atoms with Gasteiger partial charge in [-0.15, -0.1) is 0 Å². The van der Waals surface area contributed by atoms with Crippen molar-refractivity contribution in [3.63, 3.8) is 0 Å². The lowest BCUT2D eigenvalue weighted by Crippen LogP contribution is -2.35. The van der Waals surface area contributed by atoms with Crippen molar-refractivity contribution >= 4 is 28.2 Å². The van der Waals surface area contributed by atoms with E-state index in [0.29, 0.717) is 6.54 Å². The summed E-state index contributed by atoms with van der Waals surface area (Å²) in [5, 5.41) is 4.27. The van der Waals surface area contributed by atoms with E-state index < -0.39 is 0 Å². The molecule has 116 valence electrons. The monoisotopic (exact) mass is 305 g/mol. The van der Waals surface area contributed by atoms with Crippen LogP contribution in [0.5, 0.6) is 0 Å². The van der Waals surface area contributed by atoms with Crippen molar-refractivity contribution in [3.05, 3.63) is 66.9 Å². The highest BCUT2D eigenvalue weighted by Gasteiger charge is 2.13. The molecule has 0 saturated carbocycles. The third kappa shape index (κ3) is 3.31. The van der Waals surface area contributed by atoms with E-state index in [1.54, 1.807) is 11.1 Å². The summed E-state index contributed by atoms with van der Waals surface area (Å²) in [6.07, 6.45) is 1.76. The molecule has 2 aromatic carbocycles. The van der Waals surface area contributed by atoms with E-state index in [-0.39, 0.29) is 12.5 Å². The molecule has 0 spiro atoms. The van der Waals surface area contributed by atoms with Crippen molar-refractivity contribution in [1.29, 1.82) is 0 Å². The van der Waals surface area contributed by atoms with Gasteiger partial charge in [-0.2, -0.15) is 0 Å². The molecule has 23 heavy (non-hydrogen) atoms. The lowest BCUT2D eigenvalue weighted by Gasteiger charge is -2.21. The molecule has 0 atom stereocenters. The van der Waals surface area contributed by atoms with Gasteiger partial charge in [0.05, 0.1) is 17.7 Å². The van der Waals surface area contributed by atoms with Gasteiger partial charge in [-0.3, -0.25) is 9.78 Å². The zero-order valence-corrected chi connectivity index (χ0v) is 13.1. The number of benzene rings is 2. The Morgan fingerprint density at radius 2 is 1.83 bits per heavy atom. The number of hydrogen-bond acceptors (Lipinski definition) is 3. The highest BCUT2D eigenvalue weighted by atomic mass is 16.2. The molecule has 0 unspecified atom stereocenters. The molecule has 0 aliphatic heterocycles. The van der Waals surface area contributed by atoms with Gasteiger partial charge in [-0.05, 0) is 31.2 Å². The fraction of sp³-hybridized carbons (Fsp3) is 0.158. The number of rotatable bonds is 5. The molecule has 0 saturated heterocycles. The minimum absolute atomic E-state index is 0.0339. The summed E-state index contributed by atoms with van der Waals surface area (Å²) in [5.41, 5.74) is 2.67. The predicted molar refractivity (Wildman–Crippen MR) is 94.7 cm³/mol. The number of fused-ring (bicyclic) bond motifs is 1. The molecular formula is C19H19N3O. The van der Waals surface area contributed by atoms with Crippen LogP contribution < -0.4 is 10.2 Å². The first-order chi connectivity index (χ1) is 11.3. The first-order valence-corrected chi connectivity index (χ1v) is 7.72. The number of pyridine rings is 1. The number of nitrogens with zero attached hydrogens (tertiary/aromatic N) is 2. The Labute approximate surface area is 135 Å². The highest BCUT2D eigenvalue weighted by molar-refractivity contribution is 5.98. The molecule has 3 aromatic rings. The van der Waals surface area contributed by atoms with Crippen molar-refractivity contribution in [2.45, 2.75) is 6.92 Å². The van der Waals surface area contributed by atoms with Crippen molar-refractivity contribution in [2.75, 3.05) is 23.3 Å². The summed E-state index contributed by atoms with van der Waals surface area (Å²) < 4.78 is 0. The fourth-order valence-corrected chi connectivity index (χ4v) is 2.62. The number of aromatic nitrogens is 1. The van der Waals surface area contributed by atoms with E-state index in [9.17, 15) is 4.79 Å². The van der Waals surface area contributed by atoms with E-state index in [1.165, 1.54) is 0 Å². The number of carbonyl (C=O) groups excluding carboxylic acids is 1. The molecule has 0 bridgehead atoms. The number of para-hydroxylation sites is 2. The number of hydrogen-bond donors (Lipinski definition) is 1. The Morgan fingerprint density at radius 3 is 2.61 bits per heavy atom. The summed E-state index contributed by atoms with van der Waals surface area (Å²) in [7, 11) is 0. The molecule has 1 amide bonds. The smallest absolute Gasteiger partial charge is 0.246 e. The van der Waals surface area contributed by atoms with Crippen LogP contribution in [-0.2, 0) is 4.79 Å². The van der Waals surface area contributed by atoms with Gasteiger partial charge in [0.1, 0.15) is 0 Å². The number of carbonyl (C=O) groups is 1. The van der Waals surface area contributed by atoms with Gasteiger partial charge in [0.25, 0.3) is 0 Å². The topological polar surface area (TPSA) is 45.2 Å². The number of nitrogens with one attached hydrogen (secondary N) is 1. The maximum atomic E-state index is 12.5. The fourth-order valence-electron chi connectivity index (χ4n) is 2.62. The zero-order valence-electron chi connectivity index (χ0n) is 13.1.